The number of thiophene rings is 1. The number of amides is 4. The summed E-state index contributed by atoms with van der Waals surface area (Å²) in [5, 5.41) is 13.0. The number of aryl methyl sites for hydroxylation is 2. The number of hydrogen-bond acceptors (Lipinski definition) is 6. The number of furan rings is 1. The molecule has 3 aromatic rings. The Morgan fingerprint density at radius 1 is 1.24 bits per heavy atom. The second-order valence-corrected chi connectivity index (χ2v) is 9.54. The molecule has 5 rings (SSSR count). The van der Waals surface area contributed by atoms with Gasteiger partial charge in [-0.15, -0.1) is 11.3 Å². The summed E-state index contributed by atoms with van der Waals surface area (Å²) in [6.07, 6.45) is 7.08. The molecule has 9 heteroatoms. The molecular formula is C25H22N4O4S. The Kier molecular flexibility index (Phi) is 5.46. The molecule has 0 unspecified atom stereocenters. The minimum absolute atomic E-state index is 0.0758. The van der Waals surface area contributed by atoms with Gasteiger partial charge in [-0.3, -0.25) is 19.8 Å². The number of urea groups is 1. The Balaban J connectivity index is 1.54. The number of aromatic nitrogens is 1. The van der Waals surface area contributed by atoms with Gasteiger partial charge in [0.1, 0.15) is 22.4 Å². The summed E-state index contributed by atoms with van der Waals surface area (Å²) in [7, 11) is 0. The molecule has 8 nitrogen and oxygen atoms in total. The van der Waals surface area contributed by atoms with Gasteiger partial charge in [0.2, 0.25) is 0 Å². The SMILES string of the molecule is Cc1cc(/C=C2\C(=O)NC(=O)N(Cc3ccco3)C2=O)c(C)n1-c1sc2c(c1C#N)CCCC2. The van der Waals surface area contributed by atoms with E-state index in [-0.39, 0.29) is 12.1 Å². The fraction of sp³-hybridized carbons (Fsp3) is 0.280. The van der Waals surface area contributed by atoms with E-state index < -0.39 is 17.8 Å². The number of barbiturate groups is 1. The number of nitrogens with one attached hydrogen (secondary N) is 1. The van der Waals surface area contributed by atoms with E-state index in [1.807, 2.05) is 24.5 Å². The molecule has 1 aliphatic carbocycles. The average Bonchev–Trinajstić information content (AvgIpc) is 3.51. The fourth-order valence-corrected chi connectivity index (χ4v) is 6.07. The monoisotopic (exact) mass is 474 g/mol. The topological polar surface area (TPSA) is 108 Å². The van der Waals surface area contributed by atoms with Crippen molar-refractivity contribution in [2.24, 2.45) is 0 Å². The van der Waals surface area contributed by atoms with Crippen LogP contribution in [0.25, 0.3) is 11.1 Å². The molecular weight excluding hydrogens is 452 g/mol. The zero-order valence-electron chi connectivity index (χ0n) is 18.8. The number of fused-ring (bicyclic) bond motifs is 1. The van der Waals surface area contributed by atoms with Gasteiger partial charge in [0.25, 0.3) is 11.8 Å². The van der Waals surface area contributed by atoms with Crippen LogP contribution in [0.3, 0.4) is 0 Å². The van der Waals surface area contributed by atoms with Gasteiger partial charge >= 0.3 is 6.03 Å². The van der Waals surface area contributed by atoms with Crippen LogP contribution >= 0.6 is 11.3 Å². The molecule has 0 aromatic carbocycles. The first-order valence-corrected chi connectivity index (χ1v) is 11.9. The predicted octanol–water partition coefficient (Wildman–Crippen LogP) is 4.16. The molecule has 0 radical (unpaired) electrons. The van der Waals surface area contributed by atoms with Crippen LogP contribution in [0.5, 0.6) is 0 Å². The Hall–Kier alpha value is -3.90. The van der Waals surface area contributed by atoms with Crippen molar-refractivity contribution >= 4 is 35.3 Å². The summed E-state index contributed by atoms with van der Waals surface area (Å²) in [6.45, 7) is 3.76. The third kappa shape index (κ3) is 3.56. The number of rotatable bonds is 4. The summed E-state index contributed by atoms with van der Waals surface area (Å²) in [5.41, 5.74) is 4.12. The lowest BCUT2D eigenvalue weighted by molar-refractivity contribution is -0.130. The zero-order chi connectivity index (χ0) is 24.0. The zero-order valence-corrected chi connectivity index (χ0v) is 19.6. The molecule has 1 aliphatic heterocycles. The van der Waals surface area contributed by atoms with Gasteiger partial charge in [0.15, 0.2) is 0 Å². The summed E-state index contributed by atoms with van der Waals surface area (Å²) in [6, 6.07) is 6.82. The van der Waals surface area contributed by atoms with Gasteiger partial charge in [0.05, 0.1) is 18.4 Å². The van der Waals surface area contributed by atoms with Crippen LogP contribution < -0.4 is 5.32 Å². The minimum Gasteiger partial charge on any atom is -0.467 e. The number of nitrogens with zero attached hydrogens (tertiary/aromatic N) is 3. The van der Waals surface area contributed by atoms with Crippen molar-refractivity contribution in [3.8, 4) is 11.1 Å². The predicted molar refractivity (Wildman–Crippen MR) is 125 cm³/mol. The van der Waals surface area contributed by atoms with Gasteiger partial charge < -0.3 is 8.98 Å². The highest BCUT2D eigenvalue weighted by Gasteiger charge is 2.36. The molecule has 0 spiro atoms. The first kappa shape index (κ1) is 21.9. The lowest BCUT2D eigenvalue weighted by Crippen LogP contribution is -2.53. The third-order valence-corrected chi connectivity index (χ3v) is 7.59. The van der Waals surface area contributed by atoms with Gasteiger partial charge in [-0.25, -0.2) is 4.79 Å². The molecule has 0 saturated carbocycles. The van der Waals surface area contributed by atoms with E-state index in [0.29, 0.717) is 16.9 Å². The van der Waals surface area contributed by atoms with E-state index >= 15 is 0 Å². The standard InChI is InChI=1S/C25H22N4O4S/c1-14-10-16(15(2)29(14)24-20(12-26)18-7-3-4-8-21(18)34-24)11-19-22(30)27-25(32)28(23(19)31)13-17-6-5-9-33-17/h5-6,9-11H,3-4,7-8,13H2,1-2H3,(H,27,30,32)/b19-11+. The van der Waals surface area contributed by atoms with Crippen molar-refractivity contribution in [3.63, 3.8) is 0 Å². The molecule has 1 fully saturated rings. The first-order chi connectivity index (χ1) is 16.4. The molecule has 1 saturated heterocycles. The van der Waals surface area contributed by atoms with E-state index in [4.69, 9.17) is 4.42 Å². The molecule has 172 valence electrons. The van der Waals surface area contributed by atoms with E-state index in [9.17, 15) is 19.6 Å². The quantitative estimate of drug-likeness (QED) is 0.451. The number of carbonyl (C=O) groups is 3. The van der Waals surface area contributed by atoms with Crippen molar-refractivity contribution in [2.75, 3.05) is 0 Å². The normalized spacial score (nSPS) is 17.1. The maximum atomic E-state index is 13.1. The average molecular weight is 475 g/mol. The van der Waals surface area contributed by atoms with Crippen molar-refractivity contribution in [1.29, 1.82) is 5.26 Å². The molecule has 0 atom stereocenters. The van der Waals surface area contributed by atoms with Crippen molar-refractivity contribution in [2.45, 2.75) is 46.1 Å². The number of carbonyl (C=O) groups excluding carboxylic acids is 3. The Morgan fingerprint density at radius 3 is 2.76 bits per heavy atom. The summed E-state index contributed by atoms with van der Waals surface area (Å²) >= 11 is 1.64. The van der Waals surface area contributed by atoms with Crippen molar-refractivity contribution in [1.82, 2.24) is 14.8 Å². The highest BCUT2D eigenvalue weighted by Crippen LogP contribution is 2.38. The van der Waals surface area contributed by atoms with E-state index in [0.717, 1.165) is 52.5 Å². The van der Waals surface area contributed by atoms with Crippen LogP contribution in [0.1, 0.15) is 51.6 Å². The molecule has 4 amide bonds. The van der Waals surface area contributed by atoms with Crippen molar-refractivity contribution < 1.29 is 18.8 Å². The first-order valence-electron chi connectivity index (χ1n) is 11.0. The van der Waals surface area contributed by atoms with Gasteiger partial charge in [-0.05, 0) is 74.9 Å². The van der Waals surface area contributed by atoms with Gasteiger partial charge in [0, 0.05) is 16.3 Å². The van der Waals surface area contributed by atoms with Crippen LogP contribution in [0.15, 0.2) is 34.5 Å². The van der Waals surface area contributed by atoms with E-state index in [1.54, 1.807) is 23.5 Å². The highest BCUT2D eigenvalue weighted by atomic mass is 32.1. The van der Waals surface area contributed by atoms with Crippen LogP contribution in [0.4, 0.5) is 4.79 Å². The number of imide groups is 2. The smallest absolute Gasteiger partial charge is 0.331 e. The Bertz CT molecular complexity index is 1400. The number of hydrogen-bond donors (Lipinski definition) is 1. The molecule has 2 aliphatic rings. The minimum atomic E-state index is -0.781. The third-order valence-electron chi connectivity index (χ3n) is 6.32. The van der Waals surface area contributed by atoms with Gasteiger partial charge in [-0.1, -0.05) is 0 Å². The summed E-state index contributed by atoms with van der Waals surface area (Å²) in [5.74, 6) is -0.986. The largest absolute Gasteiger partial charge is 0.467 e. The second kappa shape index (κ2) is 8.47. The molecule has 4 heterocycles. The molecule has 0 bridgehead atoms. The van der Waals surface area contributed by atoms with Gasteiger partial charge in [-0.2, -0.15) is 5.26 Å². The maximum Gasteiger partial charge on any atom is 0.331 e. The molecule has 34 heavy (non-hydrogen) atoms. The highest BCUT2D eigenvalue weighted by molar-refractivity contribution is 7.15. The van der Waals surface area contributed by atoms with Crippen LogP contribution in [0.2, 0.25) is 0 Å². The maximum absolute atomic E-state index is 13.1. The van der Waals surface area contributed by atoms with E-state index in [2.05, 4.69) is 11.4 Å². The van der Waals surface area contributed by atoms with Crippen LogP contribution in [-0.4, -0.2) is 27.3 Å². The number of nitriles is 1. The lowest BCUT2D eigenvalue weighted by atomic mass is 9.96. The Labute approximate surface area is 200 Å². The molecule has 1 N–H and O–H groups in total. The van der Waals surface area contributed by atoms with Crippen molar-refractivity contribution in [3.05, 3.63) is 68.8 Å². The fourth-order valence-electron chi connectivity index (χ4n) is 4.62. The molecule has 3 aromatic heterocycles. The second-order valence-electron chi connectivity index (χ2n) is 8.45. The van der Waals surface area contributed by atoms with E-state index in [1.165, 1.54) is 17.2 Å². The Morgan fingerprint density at radius 2 is 2.03 bits per heavy atom. The lowest BCUT2D eigenvalue weighted by Gasteiger charge is -2.25. The van der Waals surface area contributed by atoms with Crippen LogP contribution in [0, 0.1) is 25.2 Å². The summed E-state index contributed by atoms with van der Waals surface area (Å²) in [4.78, 5) is 40.1. The van der Waals surface area contributed by atoms with Crippen LogP contribution in [-0.2, 0) is 29.0 Å². The summed E-state index contributed by atoms with van der Waals surface area (Å²) < 4.78 is 7.27.